The molecule has 0 saturated heterocycles. The zero-order valence-corrected chi connectivity index (χ0v) is 13.6. The molecule has 0 saturated carbocycles. The molecule has 1 heterocycles. The molecule has 0 fully saturated rings. The molecule has 0 bridgehead atoms. The number of carbonyl (C=O) groups excluding carboxylic acids is 1. The SMILES string of the molecule is CC(C(=O)O)N(C)C(=O)Cc1csc(Cc2ccc(F)cc2)n1. The van der Waals surface area contributed by atoms with Gasteiger partial charge in [-0.1, -0.05) is 12.1 Å². The van der Waals surface area contributed by atoms with E-state index in [9.17, 15) is 14.0 Å². The number of halogens is 1. The van der Waals surface area contributed by atoms with Crippen molar-refractivity contribution in [3.8, 4) is 0 Å². The van der Waals surface area contributed by atoms with Gasteiger partial charge >= 0.3 is 5.97 Å². The van der Waals surface area contributed by atoms with Crippen LogP contribution in [0.25, 0.3) is 0 Å². The summed E-state index contributed by atoms with van der Waals surface area (Å²) >= 11 is 1.43. The number of carboxylic acid groups (broad SMARTS) is 1. The molecule has 7 heteroatoms. The van der Waals surface area contributed by atoms with Gasteiger partial charge in [0, 0.05) is 18.8 Å². The molecule has 0 aliphatic rings. The van der Waals surface area contributed by atoms with Crippen molar-refractivity contribution in [1.82, 2.24) is 9.88 Å². The zero-order valence-electron chi connectivity index (χ0n) is 12.8. The Labute approximate surface area is 137 Å². The maximum absolute atomic E-state index is 12.9. The Bertz CT molecular complexity index is 700. The Morgan fingerprint density at radius 3 is 2.61 bits per heavy atom. The third-order valence-electron chi connectivity index (χ3n) is 3.53. The number of carboxylic acids is 1. The normalized spacial score (nSPS) is 12.0. The van der Waals surface area contributed by atoms with Crippen molar-refractivity contribution in [2.45, 2.75) is 25.8 Å². The smallest absolute Gasteiger partial charge is 0.326 e. The Hall–Kier alpha value is -2.28. The van der Waals surface area contributed by atoms with Crippen molar-refractivity contribution >= 4 is 23.2 Å². The highest BCUT2D eigenvalue weighted by atomic mass is 32.1. The van der Waals surface area contributed by atoms with E-state index in [1.807, 2.05) is 0 Å². The van der Waals surface area contributed by atoms with Crippen molar-refractivity contribution in [2.75, 3.05) is 7.05 Å². The van der Waals surface area contributed by atoms with E-state index in [4.69, 9.17) is 5.11 Å². The molecule has 2 aromatic rings. The molecule has 1 aromatic heterocycles. The quantitative estimate of drug-likeness (QED) is 0.879. The molecule has 0 spiro atoms. The van der Waals surface area contributed by atoms with Gasteiger partial charge in [-0.05, 0) is 24.6 Å². The molecular formula is C16H17FN2O3S. The van der Waals surface area contributed by atoms with E-state index >= 15 is 0 Å². The van der Waals surface area contributed by atoms with E-state index in [1.54, 1.807) is 17.5 Å². The van der Waals surface area contributed by atoms with E-state index in [-0.39, 0.29) is 18.1 Å². The number of hydrogen-bond acceptors (Lipinski definition) is 4. The van der Waals surface area contributed by atoms with Gasteiger partial charge in [0.2, 0.25) is 5.91 Å². The van der Waals surface area contributed by atoms with Crippen molar-refractivity contribution in [2.24, 2.45) is 0 Å². The van der Waals surface area contributed by atoms with Crippen molar-refractivity contribution < 1.29 is 19.1 Å². The second-order valence-corrected chi connectivity index (χ2v) is 6.17. The standard InChI is InChI=1S/C16H17FN2O3S/c1-10(16(21)22)19(2)15(20)8-13-9-23-14(18-13)7-11-3-5-12(17)6-4-11/h3-6,9-10H,7-8H2,1-2H3,(H,21,22). The predicted molar refractivity (Wildman–Crippen MR) is 84.9 cm³/mol. The number of benzene rings is 1. The van der Waals surface area contributed by atoms with Crippen LogP contribution in [-0.4, -0.2) is 40.0 Å². The summed E-state index contributed by atoms with van der Waals surface area (Å²) in [5.41, 5.74) is 1.55. The fraction of sp³-hybridized carbons (Fsp3) is 0.312. The molecule has 1 amide bonds. The van der Waals surface area contributed by atoms with Crippen molar-refractivity contribution in [3.05, 3.63) is 51.7 Å². The van der Waals surface area contributed by atoms with E-state index in [1.165, 1.54) is 42.3 Å². The maximum atomic E-state index is 12.9. The lowest BCUT2D eigenvalue weighted by Crippen LogP contribution is -2.41. The van der Waals surface area contributed by atoms with Gasteiger partial charge in [0.25, 0.3) is 0 Å². The minimum Gasteiger partial charge on any atom is -0.480 e. The molecule has 0 radical (unpaired) electrons. The second-order valence-electron chi connectivity index (χ2n) is 5.23. The summed E-state index contributed by atoms with van der Waals surface area (Å²) in [5.74, 6) is -1.62. The van der Waals surface area contributed by atoms with E-state index in [0.717, 1.165) is 10.6 Å². The minimum atomic E-state index is -1.05. The average molecular weight is 336 g/mol. The largest absolute Gasteiger partial charge is 0.480 e. The summed E-state index contributed by atoms with van der Waals surface area (Å²) in [7, 11) is 1.47. The first kappa shape index (κ1) is 17.1. The highest BCUT2D eigenvalue weighted by molar-refractivity contribution is 7.09. The number of rotatable bonds is 6. The van der Waals surface area contributed by atoms with Crippen LogP contribution in [0.4, 0.5) is 4.39 Å². The number of nitrogens with zero attached hydrogens (tertiary/aromatic N) is 2. The lowest BCUT2D eigenvalue weighted by molar-refractivity contribution is -0.148. The van der Waals surface area contributed by atoms with Gasteiger partial charge in [0.15, 0.2) is 0 Å². The summed E-state index contributed by atoms with van der Waals surface area (Å²) in [6, 6.07) is 5.32. The molecule has 1 aromatic carbocycles. The van der Waals surface area contributed by atoms with Gasteiger partial charge in [-0.15, -0.1) is 11.3 Å². The first-order valence-electron chi connectivity index (χ1n) is 7.03. The van der Waals surface area contributed by atoms with Crippen LogP contribution >= 0.6 is 11.3 Å². The van der Waals surface area contributed by atoms with Gasteiger partial charge in [-0.25, -0.2) is 14.2 Å². The fourth-order valence-corrected chi connectivity index (χ4v) is 2.78. The summed E-state index contributed by atoms with van der Waals surface area (Å²) in [5, 5.41) is 11.5. The molecule has 1 N–H and O–H groups in total. The van der Waals surface area contributed by atoms with Gasteiger partial charge in [-0.2, -0.15) is 0 Å². The molecule has 0 aliphatic carbocycles. The highest BCUT2D eigenvalue weighted by Crippen LogP contribution is 2.16. The first-order chi connectivity index (χ1) is 10.9. The Morgan fingerprint density at radius 1 is 1.35 bits per heavy atom. The lowest BCUT2D eigenvalue weighted by atomic mass is 10.1. The number of carbonyl (C=O) groups is 2. The van der Waals surface area contributed by atoms with Gasteiger partial charge < -0.3 is 10.0 Å². The van der Waals surface area contributed by atoms with Crippen LogP contribution in [0.5, 0.6) is 0 Å². The predicted octanol–water partition coefficient (Wildman–Crippen LogP) is 2.35. The fourth-order valence-electron chi connectivity index (χ4n) is 1.95. The minimum absolute atomic E-state index is 0.0635. The van der Waals surface area contributed by atoms with Crippen LogP contribution in [0.2, 0.25) is 0 Å². The van der Waals surface area contributed by atoms with Gasteiger partial charge in [0.1, 0.15) is 11.9 Å². The van der Waals surface area contributed by atoms with Gasteiger partial charge in [0.05, 0.1) is 17.1 Å². The summed E-state index contributed by atoms with van der Waals surface area (Å²) in [4.78, 5) is 28.5. The molecule has 23 heavy (non-hydrogen) atoms. The van der Waals surface area contributed by atoms with E-state index < -0.39 is 12.0 Å². The van der Waals surface area contributed by atoms with E-state index in [2.05, 4.69) is 4.98 Å². The topological polar surface area (TPSA) is 70.5 Å². The number of likely N-dealkylation sites (N-methyl/N-ethyl adjacent to an activating group) is 1. The van der Waals surface area contributed by atoms with Crippen LogP contribution in [0.15, 0.2) is 29.6 Å². The van der Waals surface area contributed by atoms with Crippen LogP contribution in [-0.2, 0) is 22.4 Å². The van der Waals surface area contributed by atoms with Crippen LogP contribution in [0.1, 0.15) is 23.2 Å². The Kier molecular flexibility index (Phi) is 5.44. The third-order valence-corrected chi connectivity index (χ3v) is 4.43. The monoisotopic (exact) mass is 336 g/mol. The molecule has 1 atom stereocenters. The van der Waals surface area contributed by atoms with Crippen molar-refractivity contribution in [1.29, 1.82) is 0 Å². The molecule has 122 valence electrons. The summed E-state index contributed by atoms with van der Waals surface area (Å²) in [6.07, 6.45) is 0.633. The first-order valence-corrected chi connectivity index (χ1v) is 7.91. The highest BCUT2D eigenvalue weighted by Gasteiger charge is 2.22. The van der Waals surface area contributed by atoms with Crippen molar-refractivity contribution in [3.63, 3.8) is 0 Å². The number of aromatic nitrogens is 1. The molecule has 5 nitrogen and oxygen atoms in total. The Balaban J connectivity index is 1.98. The average Bonchev–Trinajstić information content (AvgIpc) is 2.95. The molecule has 0 aliphatic heterocycles. The molecule has 2 rings (SSSR count). The number of amides is 1. The third kappa shape index (κ3) is 4.59. The van der Waals surface area contributed by atoms with E-state index in [0.29, 0.717) is 12.1 Å². The Morgan fingerprint density at radius 2 is 2.00 bits per heavy atom. The van der Waals surface area contributed by atoms with Crippen LogP contribution < -0.4 is 0 Å². The van der Waals surface area contributed by atoms with Crippen LogP contribution in [0, 0.1) is 5.82 Å². The molecule has 1 unspecified atom stereocenters. The van der Waals surface area contributed by atoms with Gasteiger partial charge in [-0.3, -0.25) is 4.79 Å². The second kappa shape index (κ2) is 7.32. The summed E-state index contributed by atoms with van der Waals surface area (Å²) in [6.45, 7) is 1.46. The zero-order chi connectivity index (χ0) is 17.0. The number of hydrogen-bond donors (Lipinski definition) is 1. The van der Waals surface area contributed by atoms with Crippen LogP contribution in [0.3, 0.4) is 0 Å². The maximum Gasteiger partial charge on any atom is 0.326 e. The summed E-state index contributed by atoms with van der Waals surface area (Å²) < 4.78 is 12.9. The number of thiazole rings is 1. The lowest BCUT2D eigenvalue weighted by Gasteiger charge is -2.20. The molecular weight excluding hydrogens is 319 g/mol. The number of aliphatic carboxylic acids is 1.